The van der Waals surface area contributed by atoms with Gasteiger partial charge in [0, 0.05) is 48.4 Å². The molecular formula is C26H30N4O2S. The number of carbonyl (C=O) groups is 1. The molecule has 0 saturated carbocycles. The average molecular weight is 463 g/mol. The number of nitrogens with one attached hydrogen (secondary N) is 1. The summed E-state index contributed by atoms with van der Waals surface area (Å²) < 4.78 is 0. The van der Waals surface area contributed by atoms with Gasteiger partial charge in [0.2, 0.25) is 5.91 Å². The molecule has 1 aromatic heterocycles. The standard InChI is InChI=1S/C26H30N4O2S/c1-18-8-7-11-22(16-18)29-12-14-30(15-13-29)24(31)17-23-19(2)27-26(28-25(23)32)33-20(3)21-9-5-4-6-10-21/h4-11,16,20H,12-15,17H2,1-3H3,(H,27,28,32). The van der Waals surface area contributed by atoms with E-state index in [-0.39, 0.29) is 23.1 Å². The fourth-order valence-electron chi connectivity index (χ4n) is 4.11. The Morgan fingerprint density at radius 3 is 2.45 bits per heavy atom. The molecule has 0 aliphatic carbocycles. The van der Waals surface area contributed by atoms with Crippen LogP contribution in [-0.4, -0.2) is 47.0 Å². The highest BCUT2D eigenvalue weighted by Crippen LogP contribution is 2.32. The highest BCUT2D eigenvalue weighted by atomic mass is 32.2. The van der Waals surface area contributed by atoms with Crippen LogP contribution in [0.1, 0.15) is 34.6 Å². The number of amides is 1. The molecule has 1 fully saturated rings. The van der Waals surface area contributed by atoms with Crippen molar-refractivity contribution in [1.82, 2.24) is 14.9 Å². The first-order valence-electron chi connectivity index (χ1n) is 11.3. The minimum absolute atomic E-state index is 0.0210. The number of nitrogens with zero attached hydrogens (tertiary/aromatic N) is 3. The van der Waals surface area contributed by atoms with E-state index in [0.717, 1.165) is 13.1 Å². The van der Waals surface area contributed by atoms with Gasteiger partial charge in [-0.3, -0.25) is 9.59 Å². The zero-order chi connectivity index (χ0) is 23.4. The van der Waals surface area contributed by atoms with Gasteiger partial charge in [-0.05, 0) is 44.0 Å². The number of thioether (sulfide) groups is 1. The third kappa shape index (κ3) is 5.66. The SMILES string of the molecule is Cc1cccc(N2CCN(C(=O)Cc3c(C)nc(SC(C)c4ccccc4)[nH]c3=O)CC2)c1. The minimum Gasteiger partial charge on any atom is -0.368 e. The number of carbonyl (C=O) groups excluding carboxylic acids is 1. The topological polar surface area (TPSA) is 69.3 Å². The summed E-state index contributed by atoms with van der Waals surface area (Å²) >= 11 is 1.51. The van der Waals surface area contributed by atoms with Gasteiger partial charge in [-0.2, -0.15) is 0 Å². The van der Waals surface area contributed by atoms with Crippen LogP contribution in [0.5, 0.6) is 0 Å². The average Bonchev–Trinajstić information content (AvgIpc) is 2.82. The summed E-state index contributed by atoms with van der Waals surface area (Å²) in [5.74, 6) is -0.0210. The zero-order valence-corrected chi connectivity index (χ0v) is 20.2. The molecule has 0 radical (unpaired) electrons. The van der Waals surface area contributed by atoms with Crippen molar-refractivity contribution >= 4 is 23.4 Å². The maximum Gasteiger partial charge on any atom is 0.255 e. The van der Waals surface area contributed by atoms with E-state index in [1.807, 2.05) is 30.0 Å². The molecule has 2 aromatic carbocycles. The highest BCUT2D eigenvalue weighted by Gasteiger charge is 2.23. The molecule has 33 heavy (non-hydrogen) atoms. The number of anilines is 1. The van der Waals surface area contributed by atoms with E-state index in [1.54, 1.807) is 0 Å². The molecule has 0 bridgehead atoms. The summed E-state index contributed by atoms with van der Waals surface area (Å²) in [5, 5.41) is 0.739. The molecule has 1 saturated heterocycles. The fourth-order valence-corrected chi connectivity index (χ4v) is 5.08. The lowest BCUT2D eigenvalue weighted by Crippen LogP contribution is -2.49. The number of H-pyrrole nitrogens is 1. The molecule has 0 spiro atoms. The number of hydrogen-bond acceptors (Lipinski definition) is 5. The lowest BCUT2D eigenvalue weighted by molar-refractivity contribution is -0.130. The Balaban J connectivity index is 1.38. The van der Waals surface area contributed by atoms with E-state index in [9.17, 15) is 9.59 Å². The number of rotatable bonds is 6. The predicted octanol–water partition coefficient (Wildman–Crippen LogP) is 4.13. The molecule has 1 aliphatic rings. The van der Waals surface area contributed by atoms with Gasteiger partial charge < -0.3 is 14.8 Å². The van der Waals surface area contributed by atoms with Gasteiger partial charge in [-0.15, -0.1) is 0 Å². The second-order valence-electron chi connectivity index (χ2n) is 8.49. The lowest BCUT2D eigenvalue weighted by Gasteiger charge is -2.36. The van der Waals surface area contributed by atoms with Gasteiger partial charge >= 0.3 is 0 Å². The molecular weight excluding hydrogens is 432 g/mol. The van der Waals surface area contributed by atoms with E-state index >= 15 is 0 Å². The van der Waals surface area contributed by atoms with Gasteiger partial charge in [-0.1, -0.05) is 54.2 Å². The first-order valence-corrected chi connectivity index (χ1v) is 12.2. The Labute approximate surface area is 199 Å². The summed E-state index contributed by atoms with van der Waals surface area (Å²) in [5.41, 5.74) is 4.44. The third-order valence-corrected chi connectivity index (χ3v) is 7.13. The summed E-state index contributed by atoms with van der Waals surface area (Å²) in [6.07, 6.45) is 0.0811. The van der Waals surface area contributed by atoms with E-state index in [2.05, 4.69) is 65.1 Å². The molecule has 1 unspecified atom stereocenters. The normalized spacial score (nSPS) is 14.9. The van der Waals surface area contributed by atoms with Crippen molar-refractivity contribution < 1.29 is 4.79 Å². The summed E-state index contributed by atoms with van der Waals surface area (Å²) in [4.78, 5) is 37.3. The van der Waals surface area contributed by atoms with Crippen LogP contribution in [0.25, 0.3) is 0 Å². The van der Waals surface area contributed by atoms with Gasteiger partial charge in [-0.25, -0.2) is 4.98 Å². The van der Waals surface area contributed by atoms with Crippen LogP contribution in [0.4, 0.5) is 5.69 Å². The summed E-state index contributed by atoms with van der Waals surface area (Å²) in [7, 11) is 0. The van der Waals surface area contributed by atoms with E-state index in [1.165, 1.54) is 28.6 Å². The molecule has 1 N–H and O–H groups in total. The second-order valence-corrected chi connectivity index (χ2v) is 9.82. The third-order valence-electron chi connectivity index (χ3n) is 6.09. The van der Waals surface area contributed by atoms with Crippen molar-refractivity contribution in [1.29, 1.82) is 0 Å². The molecule has 7 heteroatoms. The van der Waals surface area contributed by atoms with Gasteiger partial charge in [0.25, 0.3) is 5.56 Å². The molecule has 1 atom stereocenters. The van der Waals surface area contributed by atoms with Gasteiger partial charge in [0.15, 0.2) is 5.16 Å². The molecule has 1 amide bonds. The fraction of sp³-hybridized carbons (Fsp3) is 0.346. The number of benzene rings is 2. The van der Waals surface area contributed by atoms with Crippen LogP contribution in [0, 0.1) is 13.8 Å². The number of aromatic amines is 1. The van der Waals surface area contributed by atoms with Crippen LogP contribution < -0.4 is 10.5 Å². The van der Waals surface area contributed by atoms with Crippen molar-refractivity contribution in [3.8, 4) is 0 Å². The highest BCUT2D eigenvalue weighted by molar-refractivity contribution is 7.99. The van der Waals surface area contributed by atoms with Gasteiger partial charge in [0.05, 0.1) is 6.42 Å². The maximum atomic E-state index is 12.9. The molecule has 2 heterocycles. The Hall–Kier alpha value is -3.06. The predicted molar refractivity (Wildman–Crippen MR) is 134 cm³/mol. The van der Waals surface area contributed by atoms with E-state index in [0.29, 0.717) is 29.5 Å². The van der Waals surface area contributed by atoms with Crippen molar-refractivity contribution in [2.75, 3.05) is 31.1 Å². The van der Waals surface area contributed by atoms with Crippen molar-refractivity contribution in [3.05, 3.63) is 87.3 Å². The van der Waals surface area contributed by atoms with Gasteiger partial charge in [0.1, 0.15) is 0 Å². The first-order chi connectivity index (χ1) is 15.9. The van der Waals surface area contributed by atoms with Crippen LogP contribution in [-0.2, 0) is 11.2 Å². The monoisotopic (exact) mass is 462 g/mol. The maximum absolute atomic E-state index is 12.9. The second kappa shape index (κ2) is 10.3. The molecule has 6 nitrogen and oxygen atoms in total. The number of aryl methyl sites for hydroxylation is 2. The number of piperazine rings is 1. The van der Waals surface area contributed by atoms with E-state index < -0.39 is 0 Å². The molecule has 4 rings (SSSR count). The quantitative estimate of drug-likeness (QED) is 0.441. The van der Waals surface area contributed by atoms with Crippen LogP contribution >= 0.6 is 11.8 Å². The van der Waals surface area contributed by atoms with Crippen molar-refractivity contribution in [3.63, 3.8) is 0 Å². The number of hydrogen-bond donors (Lipinski definition) is 1. The largest absolute Gasteiger partial charge is 0.368 e. The van der Waals surface area contributed by atoms with Crippen LogP contribution in [0.3, 0.4) is 0 Å². The first kappa shape index (κ1) is 23.1. The van der Waals surface area contributed by atoms with Crippen LogP contribution in [0.15, 0.2) is 64.5 Å². The van der Waals surface area contributed by atoms with Crippen molar-refractivity contribution in [2.24, 2.45) is 0 Å². The Kier molecular flexibility index (Phi) is 7.18. The molecule has 3 aromatic rings. The Morgan fingerprint density at radius 2 is 1.79 bits per heavy atom. The van der Waals surface area contributed by atoms with Crippen LogP contribution in [0.2, 0.25) is 0 Å². The Morgan fingerprint density at radius 1 is 1.06 bits per heavy atom. The lowest BCUT2D eigenvalue weighted by atomic mass is 10.1. The van der Waals surface area contributed by atoms with Crippen molar-refractivity contribution in [2.45, 2.75) is 37.6 Å². The molecule has 172 valence electrons. The smallest absolute Gasteiger partial charge is 0.255 e. The zero-order valence-electron chi connectivity index (χ0n) is 19.4. The minimum atomic E-state index is -0.225. The Bertz CT molecular complexity index is 1170. The summed E-state index contributed by atoms with van der Waals surface area (Å²) in [6, 6.07) is 18.5. The summed E-state index contributed by atoms with van der Waals surface area (Å²) in [6.45, 7) is 8.86. The van der Waals surface area contributed by atoms with E-state index in [4.69, 9.17) is 0 Å². The number of aromatic nitrogens is 2. The molecule has 1 aliphatic heterocycles.